The van der Waals surface area contributed by atoms with Gasteiger partial charge in [-0.15, -0.1) is 0 Å². The van der Waals surface area contributed by atoms with Crippen molar-refractivity contribution in [1.82, 2.24) is 19.5 Å². The molecule has 0 bridgehead atoms. The summed E-state index contributed by atoms with van der Waals surface area (Å²) < 4.78 is 8.54. The van der Waals surface area contributed by atoms with Crippen LogP contribution in [-0.2, 0) is 11.3 Å². The summed E-state index contributed by atoms with van der Waals surface area (Å²) in [6.45, 7) is 6.08. The predicted molar refractivity (Wildman–Crippen MR) is 78.1 cm³/mol. The van der Waals surface area contributed by atoms with Gasteiger partial charge >= 0.3 is 0 Å². The Balaban J connectivity index is 2.22. The minimum absolute atomic E-state index is 0.0208. The zero-order valence-electron chi connectivity index (χ0n) is 12.3. The summed E-state index contributed by atoms with van der Waals surface area (Å²) in [5.74, 6) is 0. The van der Waals surface area contributed by atoms with E-state index in [0.717, 1.165) is 18.7 Å². The molecule has 2 aromatic heterocycles. The molecular weight excluding hydrogens is 256 g/mol. The molecule has 1 N–H and O–H groups in total. The van der Waals surface area contributed by atoms with Crippen molar-refractivity contribution in [3.05, 3.63) is 34.5 Å². The first-order valence-electron chi connectivity index (χ1n) is 6.93. The molecule has 0 aliphatic heterocycles. The average Bonchev–Trinajstić information content (AvgIpc) is 2.81. The van der Waals surface area contributed by atoms with Crippen molar-refractivity contribution in [2.75, 3.05) is 20.3 Å². The largest absolute Gasteiger partial charge is 0.383 e. The number of fused-ring (bicyclic) bond motifs is 1. The van der Waals surface area contributed by atoms with Crippen molar-refractivity contribution in [1.29, 1.82) is 0 Å². The SMILES string of the molecule is CCCNC(COC)Cn1ccn2nc(C)cc2c1=O. The summed E-state index contributed by atoms with van der Waals surface area (Å²) in [5.41, 5.74) is 1.43. The Hall–Kier alpha value is -1.66. The van der Waals surface area contributed by atoms with E-state index in [9.17, 15) is 4.79 Å². The van der Waals surface area contributed by atoms with Crippen LogP contribution in [0.3, 0.4) is 0 Å². The zero-order valence-corrected chi connectivity index (χ0v) is 12.3. The molecule has 20 heavy (non-hydrogen) atoms. The van der Waals surface area contributed by atoms with Crippen LogP contribution in [0.2, 0.25) is 0 Å². The molecule has 6 nitrogen and oxygen atoms in total. The van der Waals surface area contributed by atoms with Gasteiger partial charge in [-0.05, 0) is 26.0 Å². The van der Waals surface area contributed by atoms with E-state index < -0.39 is 0 Å². The van der Waals surface area contributed by atoms with Crippen LogP contribution in [-0.4, -0.2) is 40.5 Å². The third kappa shape index (κ3) is 3.26. The summed E-state index contributed by atoms with van der Waals surface area (Å²) in [7, 11) is 1.67. The third-order valence-corrected chi connectivity index (χ3v) is 3.19. The lowest BCUT2D eigenvalue weighted by molar-refractivity contribution is 0.158. The van der Waals surface area contributed by atoms with Crippen LogP contribution in [0.4, 0.5) is 0 Å². The standard InChI is InChI=1S/C14H22N4O2/c1-4-5-15-12(10-20-3)9-17-6-7-18-13(14(17)19)8-11(2)16-18/h6-8,12,15H,4-5,9-10H2,1-3H3. The quantitative estimate of drug-likeness (QED) is 0.814. The van der Waals surface area contributed by atoms with Crippen LogP contribution in [0.25, 0.3) is 5.52 Å². The Kier molecular flexibility index (Phi) is 4.92. The van der Waals surface area contributed by atoms with Crippen LogP contribution in [0.5, 0.6) is 0 Å². The van der Waals surface area contributed by atoms with Gasteiger partial charge in [0.05, 0.1) is 12.3 Å². The van der Waals surface area contributed by atoms with E-state index in [1.54, 1.807) is 22.4 Å². The second-order valence-corrected chi connectivity index (χ2v) is 4.98. The molecule has 2 rings (SSSR count). The summed E-state index contributed by atoms with van der Waals surface area (Å²) >= 11 is 0. The van der Waals surface area contributed by atoms with Crippen molar-refractivity contribution in [2.45, 2.75) is 32.9 Å². The third-order valence-electron chi connectivity index (χ3n) is 3.19. The number of methoxy groups -OCH3 is 1. The molecule has 0 amide bonds. The lowest BCUT2D eigenvalue weighted by Crippen LogP contribution is -2.40. The minimum atomic E-state index is -0.0208. The van der Waals surface area contributed by atoms with Gasteiger partial charge in [-0.3, -0.25) is 4.79 Å². The number of nitrogens with one attached hydrogen (secondary N) is 1. The first-order chi connectivity index (χ1) is 9.65. The molecule has 2 aromatic rings. The van der Waals surface area contributed by atoms with E-state index >= 15 is 0 Å². The first-order valence-corrected chi connectivity index (χ1v) is 6.93. The van der Waals surface area contributed by atoms with Crippen molar-refractivity contribution in [3.63, 3.8) is 0 Å². The molecule has 6 heteroatoms. The predicted octanol–water partition coefficient (Wildman–Crippen LogP) is 0.819. The summed E-state index contributed by atoms with van der Waals surface area (Å²) in [5, 5.41) is 7.64. The number of hydrogen-bond donors (Lipinski definition) is 1. The molecular formula is C14H22N4O2. The van der Waals surface area contributed by atoms with Crippen LogP contribution < -0.4 is 10.9 Å². The van der Waals surface area contributed by atoms with Gasteiger partial charge in [-0.2, -0.15) is 5.10 Å². The summed E-state index contributed by atoms with van der Waals surface area (Å²) in [6, 6.07) is 1.94. The molecule has 0 spiro atoms. The van der Waals surface area contributed by atoms with Crippen LogP contribution in [0, 0.1) is 6.92 Å². The zero-order chi connectivity index (χ0) is 14.5. The maximum Gasteiger partial charge on any atom is 0.276 e. The van der Waals surface area contributed by atoms with Crippen molar-refractivity contribution < 1.29 is 4.74 Å². The molecule has 0 saturated carbocycles. The van der Waals surface area contributed by atoms with Crippen LogP contribution in [0.1, 0.15) is 19.0 Å². The van der Waals surface area contributed by atoms with Gasteiger partial charge in [-0.1, -0.05) is 6.92 Å². The lowest BCUT2D eigenvalue weighted by Gasteiger charge is -2.18. The Labute approximate surface area is 118 Å². The molecule has 0 radical (unpaired) electrons. The fourth-order valence-corrected chi connectivity index (χ4v) is 2.26. The molecule has 2 heterocycles. The number of rotatable bonds is 7. The highest BCUT2D eigenvalue weighted by Crippen LogP contribution is 2.01. The Morgan fingerprint density at radius 3 is 2.95 bits per heavy atom. The number of aromatic nitrogens is 3. The first kappa shape index (κ1) is 14.7. The molecule has 0 aliphatic rings. The Morgan fingerprint density at radius 1 is 1.45 bits per heavy atom. The highest BCUT2D eigenvalue weighted by Gasteiger charge is 2.11. The Bertz CT molecular complexity index is 617. The highest BCUT2D eigenvalue weighted by molar-refractivity contribution is 5.44. The molecule has 1 unspecified atom stereocenters. The van der Waals surface area contributed by atoms with Gasteiger partial charge in [0.15, 0.2) is 0 Å². The fourth-order valence-electron chi connectivity index (χ4n) is 2.26. The Morgan fingerprint density at radius 2 is 2.25 bits per heavy atom. The highest BCUT2D eigenvalue weighted by atomic mass is 16.5. The fraction of sp³-hybridized carbons (Fsp3) is 0.571. The molecule has 0 saturated heterocycles. The van der Waals surface area contributed by atoms with Gasteiger partial charge in [-0.25, -0.2) is 4.52 Å². The van der Waals surface area contributed by atoms with Crippen molar-refractivity contribution in [2.24, 2.45) is 0 Å². The van der Waals surface area contributed by atoms with E-state index in [1.807, 2.05) is 19.2 Å². The monoisotopic (exact) mass is 278 g/mol. The van der Waals surface area contributed by atoms with Crippen molar-refractivity contribution >= 4 is 5.52 Å². The maximum atomic E-state index is 12.4. The smallest absolute Gasteiger partial charge is 0.276 e. The van der Waals surface area contributed by atoms with Gasteiger partial charge in [0, 0.05) is 32.1 Å². The normalized spacial score (nSPS) is 12.9. The van der Waals surface area contributed by atoms with E-state index in [2.05, 4.69) is 17.3 Å². The number of ether oxygens (including phenoxy) is 1. The number of nitrogens with zero attached hydrogens (tertiary/aromatic N) is 3. The average molecular weight is 278 g/mol. The van der Waals surface area contributed by atoms with E-state index in [0.29, 0.717) is 18.7 Å². The molecule has 1 atom stereocenters. The van der Waals surface area contributed by atoms with Crippen LogP contribution >= 0.6 is 0 Å². The molecule has 0 aliphatic carbocycles. The maximum absolute atomic E-state index is 12.4. The number of hydrogen-bond acceptors (Lipinski definition) is 4. The van der Waals surface area contributed by atoms with Crippen LogP contribution in [0.15, 0.2) is 23.3 Å². The summed E-state index contributed by atoms with van der Waals surface area (Å²) in [6.07, 6.45) is 4.64. The van der Waals surface area contributed by atoms with Gasteiger partial charge in [0.2, 0.25) is 0 Å². The number of aryl methyl sites for hydroxylation is 1. The van der Waals surface area contributed by atoms with E-state index in [-0.39, 0.29) is 11.6 Å². The van der Waals surface area contributed by atoms with E-state index in [1.165, 1.54) is 0 Å². The molecule has 110 valence electrons. The van der Waals surface area contributed by atoms with Gasteiger partial charge in [0.25, 0.3) is 5.56 Å². The van der Waals surface area contributed by atoms with E-state index in [4.69, 9.17) is 4.74 Å². The molecule has 0 aromatic carbocycles. The minimum Gasteiger partial charge on any atom is -0.383 e. The lowest BCUT2D eigenvalue weighted by atomic mass is 10.3. The molecule has 0 fully saturated rings. The van der Waals surface area contributed by atoms with Crippen molar-refractivity contribution in [3.8, 4) is 0 Å². The summed E-state index contributed by atoms with van der Waals surface area (Å²) in [4.78, 5) is 12.4. The topological polar surface area (TPSA) is 60.6 Å². The second kappa shape index (κ2) is 6.67. The second-order valence-electron chi connectivity index (χ2n) is 4.98. The van der Waals surface area contributed by atoms with Gasteiger partial charge < -0.3 is 14.6 Å². The van der Waals surface area contributed by atoms with Gasteiger partial charge in [0.1, 0.15) is 5.52 Å².